The Morgan fingerprint density at radius 1 is 1.12 bits per heavy atom. The van der Waals surface area contributed by atoms with Gasteiger partial charge in [0, 0.05) is 6.20 Å². The molecule has 0 spiro atoms. The standard InChI is InChI=1S/C20H20N2O3/c1-13-6-5-11-22-17(13)21-18(16(12-23)19(22)24)25-15-9-7-14(8-10-15)20(2,3)4/h5-12H,1-4H3. The second kappa shape index (κ2) is 6.16. The number of fused-ring (bicyclic) bond motifs is 1. The van der Waals surface area contributed by atoms with Gasteiger partial charge in [-0.05, 0) is 41.7 Å². The first kappa shape index (κ1) is 16.9. The van der Waals surface area contributed by atoms with Crippen LogP contribution in [0.3, 0.4) is 0 Å². The zero-order valence-corrected chi connectivity index (χ0v) is 14.7. The number of nitrogens with zero attached hydrogens (tertiary/aromatic N) is 2. The van der Waals surface area contributed by atoms with Crippen LogP contribution in [0.2, 0.25) is 0 Å². The van der Waals surface area contributed by atoms with Gasteiger partial charge in [-0.1, -0.05) is 39.0 Å². The predicted molar refractivity (Wildman–Crippen MR) is 96.8 cm³/mol. The van der Waals surface area contributed by atoms with Crippen molar-refractivity contribution >= 4 is 11.9 Å². The van der Waals surface area contributed by atoms with E-state index in [0.29, 0.717) is 17.7 Å². The van der Waals surface area contributed by atoms with E-state index < -0.39 is 5.56 Å². The summed E-state index contributed by atoms with van der Waals surface area (Å²) in [4.78, 5) is 28.3. The van der Waals surface area contributed by atoms with E-state index in [-0.39, 0.29) is 16.9 Å². The number of aryl methyl sites for hydroxylation is 1. The van der Waals surface area contributed by atoms with Crippen molar-refractivity contribution in [2.75, 3.05) is 0 Å². The molecular formula is C20H20N2O3. The summed E-state index contributed by atoms with van der Waals surface area (Å²) in [5.41, 5.74) is 1.96. The molecule has 0 fully saturated rings. The van der Waals surface area contributed by atoms with Crippen LogP contribution in [0.4, 0.5) is 0 Å². The molecule has 0 saturated carbocycles. The van der Waals surface area contributed by atoms with Crippen LogP contribution in [0.15, 0.2) is 47.4 Å². The lowest BCUT2D eigenvalue weighted by Crippen LogP contribution is -2.21. The molecule has 5 heteroatoms. The van der Waals surface area contributed by atoms with E-state index in [1.807, 2.05) is 37.3 Å². The minimum absolute atomic E-state index is 0.0257. The van der Waals surface area contributed by atoms with Crippen LogP contribution < -0.4 is 10.3 Å². The summed E-state index contributed by atoms with van der Waals surface area (Å²) in [5.74, 6) is 0.554. The smallest absolute Gasteiger partial charge is 0.272 e. The van der Waals surface area contributed by atoms with Gasteiger partial charge in [-0.3, -0.25) is 14.0 Å². The Morgan fingerprint density at radius 3 is 2.40 bits per heavy atom. The Labute approximate surface area is 145 Å². The number of hydrogen-bond donors (Lipinski definition) is 0. The van der Waals surface area contributed by atoms with Crippen molar-refractivity contribution < 1.29 is 9.53 Å². The highest BCUT2D eigenvalue weighted by molar-refractivity contribution is 5.78. The second-order valence-electron chi connectivity index (χ2n) is 7.01. The summed E-state index contributed by atoms with van der Waals surface area (Å²) in [5, 5.41) is 0. The summed E-state index contributed by atoms with van der Waals surface area (Å²) in [7, 11) is 0. The summed E-state index contributed by atoms with van der Waals surface area (Å²) in [6, 6.07) is 11.2. The number of aldehydes is 1. The van der Waals surface area contributed by atoms with E-state index >= 15 is 0 Å². The van der Waals surface area contributed by atoms with Crippen molar-refractivity contribution in [3.63, 3.8) is 0 Å². The van der Waals surface area contributed by atoms with E-state index in [1.165, 1.54) is 4.40 Å². The van der Waals surface area contributed by atoms with Crippen LogP contribution in [-0.4, -0.2) is 15.7 Å². The number of ether oxygens (including phenoxy) is 1. The molecule has 25 heavy (non-hydrogen) atoms. The Kier molecular flexibility index (Phi) is 4.17. The van der Waals surface area contributed by atoms with E-state index in [4.69, 9.17) is 4.74 Å². The monoisotopic (exact) mass is 336 g/mol. The Balaban J connectivity index is 2.08. The minimum atomic E-state index is -0.440. The van der Waals surface area contributed by atoms with E-state index in [2.05, 4.69) is 25.8 Å². The fourth-order valence-corrected chi connectivity index (χ4v) is 2.61. The lowest BCUT2D eigenvalue weighted by Gasteiger charge is -2.19. The first-order valence-electron chi connectivity index (χ1n) is 8.07. The molecule has 2 aromatic heterocycles. The molecule has 0 aliphatic rings. The number of carbonyl (C=O) groups excluding carboxylic acids is 1. The third-order valence-electron chi connectivity index (χ3n) is 4.10. The van der Waals surface area contributed by atoms with E-state index in [0.717, 1.165) is 11.1 Å². The van der Waals surface area contributed by atoms with Gasteiger partial charge in [0.15, 0.2) is 6.29 Å². The van der Waals surface area contributed by atoms with Crippen LogP contribution in [0, 0.1) is 6.92 Å². The molecule has 2 heterocycles. The molecule has 128 valence electrons. The molecule has 0 saturated heterocycles. The number of pyridine rings is 1. The van der Waals surface area contributed by atoms with Crippen molar-refractivity contribution in [1.82, 2.24) is 9.38 Å². The fraction of sp³-hybridized carbons (Fsp3) is 0.250. The summed E-state index contributed by atoms with van der Waals surface area (Å²) in [6.07, 6.45) is 2.08. The molecule has 0 N–H and O–H groups in total. The SMILES string of the molecule is Cc1cccn2c(=O)c(C=O)c(Oc3ccc(C(C)(C)C)cc3)nc12. The van der Waals surface area contributed by atoms with Gasteiger partial charge in [0.2, 0.25) is 5.88 Å². The molecule has 5 nitrogen and oxygen atoms in total. The van der Waals surface area contributed by atoms with Crippen LogP contribution >= 0.6 is 0 Å². The first-order chi connectivity index (χ1) is 11.8. The lowest BCUT2D eigenvalue weighted by molar-refractivity contribution is 0.111. The van der Waals surface area contributed by atoms with Gasteiger partial charge >= 0.3 is 0 Å². The molecule has 1 aromatic carbocycles. The molecule has 3 aromatic rings. The second-order valence-corrected chi connectivity index (χ2v) is 7.01. The van der Waals surface area contributed by atoms with Gasteiger partial charge < -0.3 is 4.74 Å². The molecule has 0 aliphatic heterocycles. The van der Waals surface area contributed by atoms with Gasteiger partial charge in [-0.2, -0.15) is 4.98 Å². The van der Waals surface area contributed by atoms with Gasteiger partial charge in [0.05, 0.1) is 0 Å². The van der Waals surface area contributed by atoms with Crippen molar-refractivity contribution in [2.24, 2.45) is 0 Å². The highest BCUT2D eigenvalue weighted by Gasteiger charge is 2.17. The molecule has 0 amide bonds. The summed E-state index contributed by atoms with van der Waals surface area (Å²) < 4.78 is 7.11. The maximum atomic E-state index is 12.5. The Morgan fingerprint density at radius 2 is 1.80 bits per heavy atom. The molecule has 0 atom stereocenters. The van der Waals surface area contributed by atoms with Gasteiger partial charge in [0.1, 0.15) is 17.0 Å². The van der Waals surface area contributed by atoms with Gasteiger partial charge in [-0.25, -0.2) is 0 Å². The minimum Gasteiger partial charge on any atom is -0.438 e. The number of aromatic nitrogens is 2. The molecule has 0 aliphatic carbocycles. The zero-order valence-electron chi connectivity index (χ0n) is 14.7. The molecule has 0 bridgehead atoms. The van der Waals surface area contributed by atoms with Crippen LogP contribution in [0.1, 0.15) is 42.3 Å². The largest absolute Gasteiger partial charge is 0.438 e. The molecular weight excluding hydrogens is 316 g/mol. The van der Waals surface area contributed by atoms with Crippen molar-refractivity contribution in [1.29, 1.82) is 0 Å². The summed E-state index contributed by atoms with van der Waals surface area (Å²) in [6.45, 7) is 8.23. The highest BCUT2D eigenvalue weighted by Crippen LogP contribution is 2.27. The van der Waals surface area contributed by atoms with Crippen molar-refractivity contribution in [2.45, 2.75) is 33.1 Å². The normalized spacial score (nSPS) is 11.5. The highest BCUT2D eigenvalue weighted by atomic mass is 16.5. The van der Waals surface area contributed by atoms with Gasteiger partial charge in [0.25, 0.3) is 5.56 Å². The molecule has 0 unspecified atom stereocenters. The average molecular weight is 336 g/mol. The van der Waals surface area contributed by atoms with E-state index in [1.54, 1.807) is 12.3 Å². The quantitative estimate of drug-likeness (QED) is 0.681. The van der Waals surface area contributed by atoms with Crippen molar-refractivity contribution in [3.05, 3.63) is 69.6 Å². The van der Waals surface area contributed by atoms with Crippen molar-refractivity contribution in [3.8, 4) is 11.6 Å². The Hall–Kier alpha value is -2.95. The van der Waals surface area contributed by atoms with Crippen LogP contribution in [0.5, 0.6) is 11.6 Å². The van der Waals surface area contributed by atoms with E-state index in [9.17, 15) is 9.59 Å². The first-order valence-corrected chi connectivity index (χ1v) is 8.07. The number of benzene rings is 1. The fourth-order valence-electron chi connectivity index (χ4n) is 2.61. The van der Waals surface area contributed by atoms with Gasteiger partial charge in [-0.15, -0.1) is 0 Å². The lowest BCUT2D eigenvalue weighted by atomic mass is 9.87. The zero-order chi connectivity index (χ0) is 18.2. The number of hydrogen-bond acceptors (Lipinski definition) is 4. The third kappa shape index (κ3) is 3.18. The Bertz CT molecular complexity index is 996. The summed E-state index contributed by atoms with van der Waals surface area (Å²) >= 11 is 0. The third-order valence-corrected chi connectivity index (χ3v) is 4.10. The maximum Gasteiger partial charge on any atom is 0.272 e. The molecule has 0 radical (unpaired) electrons. The predicted octanol–water partition coefficient (Wildman–Crippen LogP) is 3.91. The van der Waals surface area contributed by atoms with Crippen LogP contribution in [-0.2, 0) is 5.41 Å². The number of rotatable bonds is 3. The number of carbonyl (C=O) groups is 1. The topological polar surface area (TPSA) is 60.7 Å². The maximum absolute atomic E-state index is 12.5. The molecule has 3 rings (SSSR count). The van der Waals surface area contributed by atoms with Crippen LogP contribution in [0.25, 0.3) is 5.65 Å². The average Bonchev–Trinajstić information content (AvgIpc) is 2.56.